The second kappa shape index (κ2) is 8.49. The number of anilines is 1. The molecule has 0 spiro atoms. The van der Waals surface area contributed by atoms with Gasteiger partial charge >= 0.3 is 0 Å². The van der Waals surface area contributed by atoms with Crippen LogP contribution in [-0.4, -0.2) is 17.8 Å². The Morgan fingerprint density at radius 1 is 1.11 bits per heavy atom. The maximum Gasteiger partial charge on any atom is 0.0340 e. The molecule has 2 nitrogen and oxygen atoms in total. The van der Waals surface area contributed by atoms with E-state index in [0.717, 1.165) is 24.4 Å². The van der Waals surface area contributed by atoms with Crippen LogP contribution in [0.3, 0.4) is 0 Å². The number of benzene rings is 1. The van der Waals surface area contributed by atoms with Gasteiger partial charge in [-0.05, 0) is 35.3 Å². The normalized spacial score (nSPS) is 13.0. The summed E-state index contributed by atoms with van der Waals surface area (Å²) in [5.74, 6) is 1.75. The van der Waals surface area contributed by atoms with Gasteiger partial charge in [0.1, 0.15) is 0 Å². The fourth-order valence-corrected chi connectivity index (χ4v) is 2.64. The maximum atomic E-state index is 6.07. The zero-order chi connectivity index (χ0) is 14.3. The summed E-state index contributed by atoms with van der Waals surface area (Å²) in [5.41, 5.74) is 8.62. The van der Waals surface area contributed by atoms with Crippen LogP contribution in [0.25, 0.3) is 0 Å². The standard InChI is InChI=1S/C16H28N2S/c1-12(2)9-15(17)10-18-16-7-5-14(6-8-16)11-19-13(3)4/h5-8,12-13,15,18H,9-11,17H2,1-4H3. The molecule has 1 rings (SSSR count). The molecular weight excluding hydrogens is 252 g/mol. The summed E-state index contributed by atoms with van der Waals surface area (Å²) >= 11 is 1.97. The fraction of sp³-hybridized carbons (Fsp3) is 0.625. The molecule has 3 heteroatoms. The molecule has 0 radical (unpaired) electrons. The molecule has 1 aromatic carbocycles. The quantitative estimate of drug-likeness (QED) is 0.752. The molecule has 0 saturated heterocycles. The highest BCUT2D eigenvalue weighted by Crippen LogP contribution is 2.18. The van der Waals surface area contributed by atoms with E-state index < -0.39 is 0 Å². The lowest BCUT2D eigenvalue weighted by molar-refractivity contribution is 0.508. The predicted octanol–water partition coefficient (Wildman–Crippen LogP) is 4.11. The van der Waals surface area contributed by atoms with Gasteiger partial charge in [-0.1, -0.05) is 39.8 Å². The van der Waals surface area contributed by atoms with Crippen molar-refractivity contribution in [1.29, 1.82) is 0 Å². The molecule has 1 atom stereocenters. The minimum atomic E-state index is 0.233. The van der Waals surface area contributed by atoms with Gasteiger partial charge in [0.05, 0.1) is 0 Å². The fourth-order valence-electron chi connectivity index (χ4n) is 1.92. The van der Waals surface area contributed by atoms with Gasteiger partial charge in [0.2, 0.25) is 0 Å². The molecular formula is C16H28N2S. The molecule has 1 unspecified atom stereocenters. The van der Waals surface area contributed by atoms with Gasteiger partial charge in [-0.2, -0.15) is 11.8 Å². The Labute approximate surface area is 122 Å². The van der Waals surface area contributed by atoms with Crippen LogP contribution in [-0.2, 0) is 5.75 Å². The smallest absolute Gasteiger partial charge is 0.0340 e. The van der Waals surface area contributed by atoms with Crippen molar-refractivity contribution >= 4 is 17.4 Å². The van der Waals surface area contributed by atoms with Crippen LogP contribution in [0.15, 0.2) is 24.3 Å². The van der Waals surface area contributed by atoms with Crippen molar-refractivity contribution < 1.29 is 0 Å². The zero-order valence-electron chi connectivity index (χ0n) is 12.6. The average Bonchev–Trinajstić information content (AvgIpc) is 2.34. The summed E-state index contributed by atoms with van der Waals surface area (Å²) in [6.07, 6.45) is 1.07. The van der Waals surface area contributed by atoms with Crippen LogP contribution in [0.4, 0.5) is 5.69 Å². The average molecular weight is 280 g/mol. The molecule has 0 fully saturated rings. The van der Waals surface area contributed by atoms with Gasteiger partial charge in [-0.25, -0.2) is 0 Å². The van der Waals surface area contributed by atoms with Gasteiger partial charge in [-0.3, -0.25) is 0 Å². The van der Waals surface area contributed by atoms with Gasteiger partial charge in [-0.15, -0.1) is 0 Å². The Bertz CT molecular complexity index is 346. The summed E-state index contributed by atoms with van der Waals surface area (Å²) in [4.78, 5) is 0. The molecule has 0 aromatic heterocycles. The van der Waals surface area contributed by atoms with Crippen molar-refractivity contribution in [3.63, 3.8) is 0 Å². The van der Waals surface area contributed by atoms with Crippen LogP contribution in [0.1, 0.15) is 39.7 Å². The lowest BCUT2D eigenvalue weighted by atomic mass is 10.0. The molecule has 0 amide bonds. The maximum absolute atomic E-state index is 6.07. The molecule has 0 saturated carbocycles. The van der Waals surface area contributed by atoms with Crippen molar-refractivity contribution in [2.24, 2.45) is 11.7 Å². The summed E-state index contributed by atoms with van der Waals surface area (Å²) in [6, 6.07) is 8.93. The lowest BCUT2D eigenvalue weighted by Crippen LogP contribution is -2.30. The molecule has 108 valence electrons. The summed E-state index contributed by atoms with van der Waals surface area (Å²) < 4.78 is 0. The topological polar surface area (TPSA) is 38.0 Å². The highest BCUT2D eigenvalue weighted by molar-refractivity contribution is 7.99. The number of hydrogen-bond acceptors (Lipinski definition) is 3. The number of rotatable bonds is 8. The highest BCUT2D eigenvalue weighted by Gasteiger charge is 2.05. The Morgan fingerprint density at radius 3 is 2.26 bits per heavy atom. The van der Waals surface area contributed by atoms with Gasteiger partial charge in [0.25, 0.3) is 0 Å². The third-order valence-corrected chi connectivity index (χ3v) is 4.05. The van der Waals surface area contributed by atoms with Crippen LogP contribution in [0.2, 0.25) is 0 Å². The van der Waals surface area contributed by atoms with E-state index in [1.807, 2.05) is 11.8 Å². The van der Waals surface area contributed by atoms with Gasteiger partial charge < -0.3 is 11.1 Å². The third-order valence-electron chi connectivity index (χ3n) is 2.88. The van der Waals surface area contributed by atoms with E-state index >= 15 is 0 Å². The Morgan fingerprint density at radius 2 is 1.74 bits per heavy atom. The monoisotopic (exact) mass is 280 g/mol. The van der Waals surface area contributed by atoms with E-state index in [2.05, 4.69) is 57.3 Å². The van der Waals surface area contributed by atoms with E-state index in [-0.39, 0.29) is 6.04 Å². The summed E-state index contributed by atoms with van der Waals surface area (Å²) in [5, 5.41) is 4.10. The van der Waals surface area contributed by atoms with Crippen molar-refractivity contribution in [2.75, 3.05) is 11.9 Å². The first-order chi connectivity index (χ1) is 8.97. The van der Waals surface area contributed by atoms with E-state index in [4.69, 9.17) is 5.73 Å². The first kappa shape index (κ1) is 16.4. The molecule has 19 heavy (non-hydrogen) atoms. The molecule has 0 aliphatic heterocycles. The van der Waals surface area contributed by atoms with Crippen molar-refractivity contribution in [3.05, 3.63) is 29.8 Å². The molecule has 3 N–H and O–H groups in total. The van der Waals surface area contributed by atoms with Gasteiger partial charge in [0, 0.05) is 24.0 Å². The third kappa shape index (κ3) is 7.48. The molecule has 0 aliphatic rings. The number of thioether (sulfide) groups is 1. The summed E-state index contributed by atoms with van der Waals surface area (Å²) in [7, 11) is 0. The zero-order valence-corrected chi connectivity index (χ0v) is 13.5. The van der Waals surface area contributed by atoms with Crippen LogP contribution < -0.4 is 11.1 Å². The largest absolute Gasteiger partial charge is 0.383 e. The highest BCUT2D eigenvalue weighted by atomic mass is 32.2. The molecule has 0 bridgehead atoms. The predicted molar refractivity (Wildman–Crippen MR) is 88.8 cm³/mol. The van der Waals surface area contributed by atoms with Gasteiger partial charge in [0.15, 0.2) is 0 Å². The number of hydrogen-bond donors (Lipinski definition) is 2. The van der Waals surface area contributed by atoms with Crippen molar-refractivity contribution in [3.8, 4) is 0 Å². The van der Waals surface area contributed by atoms with Crippen LogP contribution >= 0.6 is 11.8 Å². The number of nitrogens with two attached hydrogens (primary N) is 1. The second-order valence-corrected chi connectivity index (χ2v) is 7.39. The SMILES string of the molecule is CC(C)CC(N)CNc1ccc(CSC(C)C)cc1. The first-order valence-corrected chi connectivity index (χ1v) is 8.22. The van der Waals surface area contributed by atoms with E-state index in [1.165, 1.54) is 5.56 Å². The van der Waals surface area contributed by atoms with Crippen molar-refractivity contribution in [2.45, 2.75) is 51.2 Å². The molecule has 1 aromatic rings. The Hall–Kier alpha value is -0.670. The van der Waals surface area contributed by atoms with E-state index in [1.54, 1.807) is 0 Å². The first-order valence-electron chi connectivity index (χ1n) is 7.17. The van der Waals surface area contributed by atoms with E-state index in [9.17, 15) is 0 Å². The van der Waals surface area contributed by atoms with Crippen LogP contribution in [0, 0.1) is 5.92 Å². The Balaban J connectivity index is 2.35. The lowest BCUT2D eigenvalue weighted by Gasteiger charge is -2.15. The summed E-state index contributed by atoms with van der Waals surface area (Å²) in [6.45, 7) is 9.73. The van der Waals surface area contributed by atoms with Crippen LogP contribution in [0.5, 0.6) is 0 Å². The van der Waals surface area contributed by atoms with E-state index in [0.29, 0.717) is 11.2 Å². The molecule has 0 heterocycles. The minimum absolute atomic E-state index is 0.233. The second-order valence-electron chi connectivity index (χ2n) is 5.83. The minimum Gasteiger partial charge on any atom is -0.383 e. The molecule has 0 aliphatic carbocycles. The Kier molecular flexibility index (Phi) is 7.32. The number of nitrogens with one attached hydrogen (secondary N) is 1. The van der Waals surface area contributed by atoms with Crippen molar-refractivity contribution in [1.82, 2.24) is 0 Å².